The van der Waals surface area contributed by atoms with Gasteiger partial charge in [0.2, 0.25) is 0 Å². The molecule has 0 aromatic heterocycles. The molecule has 3 fully saturated rings. The fourth-order valence-corrected chi connectivity index (χ4v) is 4.58. The Hall–Kier alpha value is -2.24. The number of rotatable bonds is 3. The molecule has 2 atom stereocenters. The maximum atomic E-state index is 12.8. The molecule has 3 amide bonds. The summed E-state index contributed by atoms with van der Waals surface area (Å²) in [6.45, 7) is 2.31. The molecule has 4 rings (SSSR count). The molecule has 6 nitrogen and oxygen atoms in total. The summed E-state index contributed by atoms with van der Waals surface area (Å²) in [6, 6.07) is 10.3. The van der Waals surface area contributed by atoms with Crippen LogP contribution in [-0.2, 0) is 11.3 Å². The Balaban J connectivity index is 1.42. The maximum Gasteiger partial charge on any atom is 0.410 e. The maximum absolute atomic E-state index is 12.8. The van der Waals surface area contributed by atoms with E-state index in [0.717, 1.165) is 31.4 Å². The molecular formula is C21H29N3O3. The summed E-state index contributed by atoms with van der Waals surface area (Å²) in [5.74, 6) is 0.296. The van der Waals surface area contributed by atoms with E-state index in [1.807, 2.05) is 40.1 Å². The Kier molecular flexibility index (Phi) is 5.50. The molecule has 6 heteroatoms. The van der Waals surface area contributed by atoms with Gasteiger partial charge in [0.25, 0.3) is 0 Å². The number of cyclic esters (lactones) is 1. The van der Waals surface area contributed by atoms with Crippen LogP contribution in [0.4, 0.5) is 9.59 Å². The van der Waals surface area contributed by atoms with Gasteiger partial charge in [-0.15, -0.1) is 0 Å². The number of piperidine rings is 1. The highest BCUT2D eigenvalue weighted by Crippen LogP contribution is 2.29. The number of urea groups is 1. The predicted molar refractivity (Wildman–Crippen MR) is 102 cm³/mol. The Bertz CT molecular complexity index is 660. The Morgan fingerprint density at radius 2 is 1.89 bits per heavy atom. The first-order valence-electron chi connectivity index (χ1n) is 10.2. The van der Waals surface area contributed by atoms with Crippen molar-refractivity contribution in [3.63, 3.8) is 0 Å². The SMILES string of the molecule is O=C(NC1CCCCC1)N1CC[C@@H]2COC(=O)N(Cc3ccccc3)[C@@H]2C1. The number of amides is 3. The van der Waals surface area contributed by atoms with Crippen molar-refractivity contribution in [3.8, 4) is 0 Å². The van der Waals surface area contributed by atoms with E-state index in [0.29, 0.717) is 31.7 Å². The second-order valence-corrected chi connectivity index (χ2v) is 8.04. The Morgan fingerprint density at radius 3 is 2.67 bits per heavy atom. The fourth-order valence-electron chi connectivity index (χ4n) is 4.58. The molecule has 3 aliphatic rings. The summed E-state index contributed by atoms with van der Waals surface area (Å²) in [4.78, 5) is 28.9. The van der Waals surface area contributed by atoms with Gasteiger partial charge in [0, 0.05) is 31.6 Å². The van der Waals surface area contributed by atoms with Crippen LogP contribution in [0.1, 0.15) is 44.1 Å². The largest absolute Gasteiger partial charge is 0.449 e. The van der Waals surface area contributed by atoms with Crippen molar-refractivity contribution < 1.29 is 14.3 Å². The molecule has 0 bridgehead atoms. The van der Waals surface area contributed by atoms with Crippen LogP contribution in [0.25, 0.3) is 0 Å². The van der Waals surface area contributed by atoms with Crippen molar-refractivity contribution in [2.45, 2.75) is 57.2 Å². The fraction of sp³-hybridized carbons (Fsp3) is 0.619. The molecule has 1 aromatic rings. The van der Waals surface area contributed by atoms with Gasteiger partial charge in [-0.1, -0.05) is 49.6 Å². The summed E-state index contributed by atoms with van der Waals surface area (Å²) in [5, 5.41) is 3.21. The number of benzene rings is 1. The lowest BCUT2D eigenvalue weighted by Crippen LogP contribution is -2.61. The number of likely N-dealkylation sites (tertiary alicyclic amines) is 1. The van der Waals surface area contributed by atoms with E-state index in [4.69, 9.17) is 4.74 Å². The molecule has 1 N–H and O–H groups in total. The smallest absolute Gasteiger partial charge is 0.410 e. The molecule has 27 heavy (non-hydrogen) atoms. The van der Waals surface area contributed by atoms with Crippen molar-refractivity contribution in [2.24, 2.45) is 5.92 Å². The van der Waals surface area contributed by atoms with Gasteiger partial charge in [-0.2, -0.15) is 0 Å². The highest BCUT2D eigenvalue weighted by Gasteiger charge is 2.42. The zero-order valence-corrected chi connectivity index (χ0v) is 15.8. The van der Waals surface area contributed by atoms with Gasteiger partial charge in [0.1, 0.15) is 0 Å². The third kappa shape index (κ3) is 4.20. The zero-order chi connectivity index (χ0) is 18.6. The van der Waals surface area contributed by atoms with Gasteiger partial charge in [-0.3, -0.25) is 4.90 Å². The van der Waals surface area contributed by atoms with E-state index < -0.39 is 0 Å². The number of carbonyl (C=O) groups excluding carboxylic acids is 2. The molecule has 146 valence electrons. The van der Waals surface area contributed by atoms with E-state index in [-0.39, 0.29) is 18.2 Å². The molecule has 0 spiro atoms. The summed E-state index contributed by atoms with van der Waals surface area (Å²) in [5.41, 5.74) is 1.08. The number of fused-ring (bicyclic) bond motifs is 1. The normalized spacial score (nSPS) is 26.3. The van der Waals surface area contributed by atoms with E-state index in [1.54, 1.807) is 0 Å². The number of nitrogens with one attached hydrogen (secondary N) is 1. The van der Waals surface area contributed by atoms with Crippen molar-refractivity contribution in [3.05, 3.63) is 35.9 Å². The van der Waals surface area contributed by atoms with Gasteiger partial charge in [-0.05, 0) is 24.8 Å². The molecule has 2 heterocycles. The minimum atomic E-state index is -0.269. The van der Waals surface area contributed by atoms with Gasteiger partial charge in [-0.25, -0.2) is 9.59 Å². The number of carbonyl (C=O) groups is 2. The van der Waals surface area contributed by atoms with Crippen molar-refractivity contribution in [1.82, 2.24) is 15.1 Å². The van der Waals surface area contributed by atoms with E-state index in [2.05, 4.69) is 5.32 Å². The monoisotopic (exact) mass is 371 g/mol. The second kappa shape index (κ2) is 8.19. The zero-order valence-electron chi connectivity index (χ0n) is 15.8. The van der Waals surface area contributed by atoms with Crippen LogP contribution in [-0.4, -0.2) is 53.7 Å². The van der Waals surface area contributed by atoms with Crippen molar-refractivity contribution >= 4 is 12.1 Å². The van der Waals surface area contributed by atoms with E-state index in [9.17, 15) is 9.59 Å². The lowest BCUT2D eigenvalue weighted by atomic mass is 9.90. The van der Waals surface area contributed by atoms with Crippen LogP contribution in [0.3, 0.4) is 0 Å². The lowest BCUT2D eigenvalue weighted by molar-refractivity contribution is -0.0243. The standard InChI is InChI=1S/C21H29N3O3/c25-20(22-18-9-5-2-6-10-18)23-12-11-17-15-27-21(26)24(19(17)14-23)13-16-7-3-1-4-8-16/h1,3-4,7-8,17-19H,2,5-6,9-15H2,(H,22,25)/t17-,19-/m1/s1. The summed E-state index contributed by atoms with van der Waals surface area (Å²) in [7, 11) is 0. The Morgan fingerprint density at radius 1 is 1.11 bits per heavy atom. The summed E-state index contributed by atoms with van der Waals surface area (Å²) < 4.78 is 5.42. The van der Waals surface area contributed by atoms with Gasteiger partial charge < -0.3 is 15.0 Å². The van der Waals surface area contributed by atoms with E-state index in [1.165, 1.54) is 19.3 Å². The van der Waals surface area contributed by atoms with Crippen molar-refractivity contribution in [2.75, 3.05) is 19.7 Å². The van der Waals surface area contributed by atoms with Crippen LogP contribution < -0.4 is 5.32 Å². The first kappa shape index (κ1) is 18.1. The molecule has 1 saturated carbocycles. The highest BCUT2D eigenvalue weighted by atomic mass is 16.6. The predicted octanol–water partition coefficient (Wildman–Crippen LogP) is 3.37. The molecule has 2 aliphatic heterocycles. The third-order valence-corrected chi connectivity index (χ3v) is 6.19. The third-order valence-electron chi connectivity index (χ3n) is 6.19. The Labute approximate surface area is 160 Å². The average Bonchev–Trinajstić information content (AvgIpc) is 2.71. The second-order valence-electron chi connectivity index (χ2n) is 8.04. The first-order chi connectivity index (χ1) is 13.2. The number of hydrogen-bond donors (Lipinski definition) is 1. The number of hydrogen-bond acceptors (Lipinski definition) is 3. The lowest BCUT2D eigenvalue weighted by Gasteiger charge is -2.46. The average molecular weight is 371 g/mol. The minimum Gasteiger partial charge on any atom is -0.449 e. The molecule has 0 unspecified atom stereocenters. The first-order valence-corrected chi connectivity index (χ1v) is 10.2. The molecule has 2 saturated heterocycles. The van der Waals surface area contributed by atoms with Gasteiger partial charge in [0.05, 0.1) is 12.6 Å². The summed E-state index contributed by atoms with van der Waals surface area (Å²) >= 11 is 0. The molecule has 1 aromatic carbocycles. The number of ether oxygens (including phenoxy) is 1. The van der Waals surface area contributed by atoms with Gasteiger partial charge >= 0.3 is 12.1 Å². The van der Waals surface area contributed by atoms with Gasteiger partial charge in [0.15, 0.2) is 0 Å². The molecule has 1 aliphatic carbocycles. The van der Waals surface area contributed by atoms with Crippen LogP contribution in [0.5, 0.6) is 0 Å². The minimum absolute atomic E-state index is 0.0253. The topological polar surface area (TPSA) is 61.9 Å². The molecule has 0 radical (unpaired) electrons. The van der Waals surface area contributed by atoms with Crippen LogP contribution in [0.15, 0.2) is 30.3 Å². The van der Waals surface area contributed by atoms with Crippen LogP contribution in [0.2, 0.25) is 0 Å². The van der Waals surface area contributed by atoms with E-state index >= 15 is 0 Å². The number of nitrogens with zero attached hydrogens (tertiary/aromatic N) is 2. The van der Waals surface area contributed by atoms with Crippen LogP contribution >= 0.6 is 0 Å². The summed E-state index contributed by atoms with van der Waals surface area (Å²) in [6.07, 6.45) is 6.45. The highest BCUT2D eigenvalue weighted by molar-refractivity contribution is 5.75. The quantitative estimate of drug-likeness (QED) is 0.886. The van der Waals surface area contributed by atoms with Crippen molar-refractivity contribution in [1.29, 1.82) is 0 Å². The van der Waals surface area contributed by atoms with Crippen LogP contribution in [0, 0.1) is 5.92 Å². The molecular weight excluding hydrogens is 342 g/mol.